The monoisotopic (exact) mass is 173 g/mol. The van der Waals surface area contributed by atoms with Gasteiger partial charge in [-0.1, -0.05) is 0 Å². The summed E-state index contributed by atoms with van der Waals surface area (Å²) in [6.07, 6.45) is 2.06. The van der Waals surface area contributed by atoms with Gasteiger partial charge in [-0.15, -0.1) is 0 Å². The van der Waals surface area contributed by atoms with Crippen molar-refractivity contribution in [2.24, 2.45) is 0 Å². The first-order chi connectivity index (χ1) is 5.72. The second-order valence-corrected chi connectivity index (χ2v) is 2.42. The minimum absolute atomic E-state index is 0.238. The molecule has 0 aliphatic heterocycles. The third-order valence-electron chi connectivity index (χ3n) is 1.23. The Morgan fingerprint density at radius 1 is 1.50 bits per heavy atom. The van der Waals surface area contributed by atoms with Crippen LogP contribution in [0, 0.1) is 5.82 Å². The summed E-state index contributed by atoms with van der Waals surface area (Å²) in [4.78, 5) is 7.20. The zero-order valence-corrected chi connectivity index (χ0v) is 6.59. The lowest BCUT2D eigenvalue weighted by Gasteiger charge is -2.08. The largest absolute Gasteiger partial charge is 0.349 e. The van der Waals surface area contributed by atoms with E-state index in [4.69, 9.17) is 0 Å². The summed E-state index contributed by atoms with van der Waals surface area (Å²) in [6.45, 7) is 1.13. The van der Waals surface area contributed by atoms with Crippen molar-refractivity contribution in [2.75, 3.05) is 12.0 Å². The van der Waals surface area contributed by atoms with Gasteiger partial charge in [0.1, 0.15) is 6.67 Å². The summed E-state index contributed by atoms with van der Waals surface area (Å²) in [5.74, 6) is -0.269. The van der Waals surface area contributed by atoms with Crippen molar-refractivity contribution in [1.82, 2.24) is 9.97 Å². The summed E-state index contributed by atoms with van der Waals surface area (Å²) >= 11 is 0. The maximum absolute atomic E-state index is 12.3. The zero-order chi connectivity index (χ0) is 8.97. The van der Waals surface area contributed by atoms with Crippen LogP contribution in [0.4, 0.5) is 14.7 Å². The van der Waals surface area contributed by atoms with Crippen molar-refractivity contribution in [1.29, 1.82) is 0 Å². The number of rotatable bonds is 3. The van der Waals surface area contributed by atoms with E-state index in [1.165, 1.54) is 0 Å². The normalized spacial score (nSPS) is 12.6. The smallest absolute Gasteiger partial charge is 0.223 e. The van der Waals surface area contributed by atoms with Crippen LogP contribution in [0.5, 0.6) is 0 Å². The fourth-order valence-corrected chi connectivity index (χ4v) is 0.646. The number of halogens is 2. The summed E-state index contributed by atoms with van der Waals surface area (Å²) in [7, 11) is 0. The Morgan fingerprint density at radius 2 is 2.08 bits per heavy atom. The van der Waals surface area contributed by atoms with Gasteiger partial charge in [-0.05, 0) is 6.92 Å². The van der Waals surface area contributed by atoms with Crippen molar-refractivity contribution >= 4 is 5.95 Å². The molecule has 0 saturated heterocycles. The summed E-state index contributed by atoms with van der Waals surface area (Å²) < 4.78 is 24.2. The highest BCUT2D eigenvalue weighted by molar-refractivity contribution is 5.23. The molecule has 1 aromatic rings. The first-order valence-corrected chi connectivity index (χ1v) is 3.52. The van der Waals surface area contributed by atoms with E-state index >= 15 is 0 Å². The molecule has 0 radical (unpaired) electrons. The second-order valence-electron chi connectivity index (χ2n) is 2.42. The first kappa shape index (κ1) is 8.83. The topological polar surface area (TPSA) is 37.8 Å². The lowest BCUT2D eigenvalue weighted by Crippen LogP contribution is -2.18. The van der Waals surface area contributed by atoms with E-state index in [1.807, 2.05) is 0 Å². The van der Waals surface area contributed by atoms with Crippen molar-refractivity contribution < 1.29 is 8.78 Å². The fourth-order valence-electron chi connectivity index (χ4n) is 0.646. The van der Waals surface area contributed by atoms with Crippen LogP contribution in [0.1, 0.15) is 6.92 Å². The zero-order valence-electron chi connectivity index (χ0n) is 6.59. The Balaban J connectivity index is 2.58. The maximum atomic E-state index is 12.3. The van der Waals surface area contributed by atoms with Crippen LogP contribution >= 0.6 is 0 Å². The number of aromatic nitrogens is 2. The molecule has 12 heavy (non-hydrogen) atoms. The van der Waals surface area contributed by atoms with Crippen molar-refractivity contribution in [3.8, 4) is 0 Å². The molecule has 0 spiro atoms. The minimum Gasteiger partial charge on any atom is -0.349 e. The van der Waals surface area contributed by atoms with Gasteiger partial charge in [-0.3, -0.25) is 0 Å². The van der Waals surface area contributed by atoms with Crippen molar-refractivity contribution in [3.05, 3.63) is 18.2 Å². The van der Waals surface area contributed by atoms with E-state index in [-0.39, 0.29) is 12.0 Å². The summed E-state index contributed by atoms with van der Waals surface area (Å²) in [5, 5.41) is 2.65. The highest BCUT2D eigenvalue weighted by Crippen LogP contribution is 2.00. The van der Waals surface area contributed by atoms with Crippen molar-refractivity contribution in [2.45, 2.75) is 13.0 Å². The molecule has 0 aliphatic rings. The molecular formula is C7H9F2N3. The molecule has 5 heteroatoms. The number of nitrogens with one attached hydrogen (secondary N) is 1. The number of nitrogens with zero attached hydrogens (tertiary/aromatic N) is 2. The van der Waals surface area contributed by atoms with E-state index in [0.717, 1.165) is 12.4 Å². The van der Waals surface area contributed by atoms with Gasteiger partial charge in [0.05, 0.1) is 18.4 Å². The third kappa shape index (κ3) is 2.41. The quantitative estimate of drug-likeness (QED) is 0.750. The Kier molecular flexibility index (Phi) is 2.90. The van der Waals surface area contributed by atoms with Crippen LogP contribution < -0.4 is 5.32 Å². The molecule has 3 nitrogen and oxygen atoms in total. The molecule has 0 aliphatic carbocycles. The van der Waals surface area contributed by atoms with Crippen molar-refractivity contribution in [3.63, 3.8) is 0 Å². The molecule has 1 atom stereocenters. The van der Waals surface area contributed by atoms with Gasteiger partial charge in [-0.25, -0.2) is 18.7 Å². The predicted molar refractivity (Wildman–Crippen MR) is 41.0 cm³/mol. The molecule has 1 rings (SSSR count). The Hall–Kier alpha value is -1.26. The molecule has 1 heterocycles. The average molecular weight is 173 g/mol. The molecule has 66 valence electrons. The first-order valence-electron chi connectivity index (χ1n) is 3.52. The molecule has 0 aromatic carbocycles. The van der Waals surface area contributed by atoms with E-state index in [9.17, 15) is 8.78 Å². The lowest BCUT2D eigenvalue weighted by atomic mass is 10.4. The maximum Gasteiger partial charge on any atom is 0.223 e. The predicted octanol–water partition coefficient (Wildman–Crippen LogP) is 1.39. The van der Waals surface area contributed by atoms with Gasteiger partial charge in [0, 0.05) is 0 Å². The summed E-state index contributed by atoms with van der Waals surface area (Å²) in [5.41, 5.74) is 0. The molecular weight excluding hydrogens is 164 g/mol. The lowest BCUT2D eigenvalue weighted by molar-refractivity contribution is 0.458. The fraction of sp³-hybridized carbons (Fsp3) is 0.429. The van der Waals surface area contributed by atoms with Gasteiger partial charge in [0.2, 0.25) is 5.95 Å². The van der Waals surface area contributed by atoms with E-state index < -0.39 is 12.5 Å². The van der Waals surface area contributed by atoms with Crippen LogP contribution in [-0.2, 0) is 0 Å². The second kappa shape index (κ2) is 3.94. The number of hydrogen-bond donors (Lipinski definition) is 1. The molecule has 0 amide bonds. The molecule has 0 fully saturated rings. The van der Waals surface area contributed by atoms with E-state index in [0.29, 0.717) is 0 Å². The van der Waals surface area contributed by atoms with Crippen LogP contribution in [0.15, 0.2) is 12.4 Å². The molecule has 0 saturated carbocycles. The summed E-state index contributed by atoms with van der Waals surface area (Å²) in [6, 6.07) is -0.351. The number of alkyl halides is 1. The highest BCUT2D eigenvalue weighted by atomic mass is 19.1. The van der Waals surface area contributed by atoms with Gasteiger partial charge in [-0.2, -0.15) is 0 Å². The highest BCUT2D eigenvalue weighted by Gasteiger charge is 2.02. The Bertz CT molecular complexity index is 237. The van der Waals surface area contributed by atoms with Crippen LogP contribution in [0.3, 0.4) is 0 Å². The number of hydrogen-bond acceptors (Lipinski definition) is 3. The average Bonchev–Trinajstić information content (AvgIpc) is 2.09. The number of anilines is 1. The Morgan fingerprint density at radius 3 is 2.58 bits per heavy atom. The SMILES string of the molecule is CC(CF)Nc1ncc(F)cn1. The third-order valence-corrected chi connectivity index (χ3v) is 1.23. The Labute approximate surface area is 68.8 Å². The van der Waals surface area contributed by atoms with Crippen LogP contribution in [-0.4, -0.2) is 22.7 Å². The minimum atomic E-state index is -0.513. The van der Waals surface area contributed by atoms with E-state index in [2.05, 4.69) is 15.3 Å². The van der Waals surface area contributed by atoms with Gasteiger partial charge < -0.3 is 5.32 Å². The standard InChI is InChI=1S/C7H9F2N3/c1-5(2-8)12-7-10-3-6(9)4-11-7/h3-5H,2H2,1H3,(H,10,11,12). The van der Waals surface area contributed by atoms with E-state index in [1.54, 1.807) is 6.92 Å². The molecule has 1 aromatic heterocycles. The van der Waals surface area contributed by atoms with Gasteiger partial charge in [0.25, 0.3) is 0 Å². The van der Waals surface area contributed by atoms with Crippen LogP contribution in [0.2, 0.25) is 0 Å². The van der Waals surface area contributed by atoms with Gasteiger partial charge >= 0.3 is 0 Å². The molecule has 1 unspecified atom stereocenters. The van der Waals surface area contributed by atoms with Gasteiger partial charge in [0.15, 0.2) is 5.82 Å². The molecule has 0 bridgehead atoms. The molecule has 1 N–H and O–H groups in total. The van der Waals surface area contributed by atoms with Crippen LogP contribution in [0.25, 0.3) is 0 Å².